The number of benzene rings is 1. The van der Waals surface area contributed by atoms with Crippen LogP contribution in [-0.4, -0.2) is 134 Å². The lowest BCUT2D eigenvalue weighted by molar-refractivity contribution is -0.424. The Hall–Kier alpha value is -2.09. The van der Waals surface area contributed by atoms with E-state index in [9.17, 15) is 35.4 Å². The van der Waals surface area contributed by atoms with Crippen LogP contribution in [0.1, 0.15) is 129 Å². The van der Waals surface area contributed by atoms with Gasteiger partial charge in [-0.2, -0.15) is 0 Å². The van der Waals surface area contributed by atoms with Crippen LogP contribution in [0.15, 0.2) is 35.0 Å². The van der Waals surface area contributed by atoms with Crippen molar-refractivity contribution >= 4 is 38.5 Å². The first kappa shape index (κ1) is 51.0. The Kier molecular flexibility index (Phi) is 14.0. The molecular weight excluding hydrogens is 945 g/mol. The van der Waals surface area contributed by atoms with Gasteiger partial charge in [0.25, 0.3) is 0 Å². The van der Waals surface area contributed by atoms with Crippen LogP contribution in [-0.2, 0) is 20.7 Å². The number of allylic oxidation sites excluding steroid dienone is 1. The number of hydrogen-bond donors (Lipinski definition) is 8. The van der Waals surface area contributed by atoms with Gasteiger partial charge in [0.1, 0.15) is 23.9 Å². The molecule has 3 aliphatic heterocycles. The molecule has 2 aromatic rings. The minimum absolute atomic E-state index is 0.000216. The van der Waals surface area contributed by atoms with Crippen LogP contribution in [0.3, 0.4) is 0 Å². The van der Waals surface area contributed by atoms with Gasteiger partial charge < -0.3 is 64.6 Å². The summed E-state index contributed by atoms with van der Waals surface area (Å²) in [4.78, 5) is 13.0. The van der Waals surface area contributed by atoms with Crippen molar-refractivity contribution in [3.63, 3.8) is 0 Å². The number of aliphatic hydroxyl groups is 6. The Morgan fingerprint density at radius 2 is 1.79 bits per heavy atom. The highest BCUT2D eigenvalue weighted by molar-refractivity contribution is 8.77. The molecule has 17 atom stereocenters. The fraction of sp³-hybridized carbons (Fsp3) is 0.800. The molecule has 14 nitrogen and oxygen atoms in total. The average molecular weight is 1030 g/mol. The standard InChI is InChI=1S/C55H80N2O12S2/c1-4-65-43(61)17-13-33-24-34-18-22-66-45(34)47-46(33)68-49-55(64)44-36(12-15-40(59)38(44)28-58)26-53(63,48(55)62)54(69-49)31-70-71-52(41(57-21-23-67-47)16-10-32(2)8-7-9-42(54)60)29-50(19-5-6-20-50)51(30-52)25-35-11-14-39(56-3)37(35)27-51/h12,15,18,22,24,32,35-42,44,48-49,56-60,62-64H,4-11,13-14,16-17,19-21,23,25-31H2,1-3H3. The van der Waals surface area contributed by atoms with Gasteiger partial charge in [0.05, 0.1) is 25.1 Å². The molecule has 394 valence electrons. The summed E-state index contributed by atoms with van der Waals surface area (Å²) in [6.45, 7) is 4.50. The van der Waals surface area contributed by atoms with Crippen LogP contribution in [0, 0.1) is 46.3 Å². The number of carbonyl (C=O) groups is 1. The van der Waals surface area contributed by atoms with Gasteiger partial charge in [0.2, 0.25) is 12.0 Å². The Labute approximate surface area is 426 Å². The molecule has 2 saturated heterocycles. The molecule has 5 saturated carbocycles. The van der Waals surface area contributed by atoms with Gasteiger partial charge in [-0.15, -0.1) is 0 Å². The number of furan rings is 1. The van der Waals surface area contributed by atoms with E-state index >= 15 is 0 Å². The Morgan fingerprint density at radius 3 is 2.58 bits per heavy atom. The second-order valence-electron chi connectivity index (χ2n) is 23.9. The van der Waals surface area contributed by atoms with Crippen molar-refractivity contribution in [1.29, 1.82) is 0 Å². The first-order valence-electron chi connectivity index (χ1n) is 27.3. The molecule has 1 aromatic heterocycles. The van der Waals surface area contributed by atoms with E-state index < -0.39 is 71.7 Å². The minimum atomic E-state index is -2.46. The van der Waals surface area contributed by atoms with Gasteiger partial charge in [0, 0.05) is 59.4 Å². The number of hydrogen-bond acceptors (Lipinski definition) is 16. The molecule has 0 amide bonds. The van der Waals surface area contributed by atoms with E-state index in [4.69, 9.17) is 23.4 Å². The van der Waals surface area contributed by atoms with Crippen molar-refractivity contribution in [2.75, 3.05) is 39.2 Å². The molecule has 4 spiro atoms. The number of fused-ring (bicyclic) bond motifs is 13. The summed E-state index contributed by atoms with van der Waals surface area (Å²) in [5.74, 6) is -0.929. The zero-order valence-corrected chi connectivity index (χ0v) is 43.7. The summed E-state index contributed by atoms with van der Waals surface area (Å²) < 4.78 is 32.7. The average Bonchev–Trinajstić information content (AvgIpc) is 4.20. The maximum atomic E-state index is 13.7. The highest BCUT2D eigenvalue weighted by atomic mass is 33.1. The molecule has 9 aliphatic rings. The number of esters is 1. The van der Waals surface area contributed by atoms with Crippen LogP contribution >= 0.6 is 21.6 Å². The zero-order valence-electron chi connectivity index (χ0n) is 42.0. The summed E-state index contributed by atoms with van der Waals surface area (Å²) in [5, 5.41) is 84.5. The summed E-state index contributed by atoms with van der Waals surface area (Å²) in [5.41, 5.74) is -5.26. The van der Waals surface area contributed by atoms with Crippen molar-refractivity contribution in [1.82, 2.24) is 10.6 Å². The quantitative estimate of drug-likeness (QED) is 0.0872. The third kappa shape index (κ3) is 8.09. The summed E-state index contributed by atoms with van der Waals surface area (Å²) in [7, 11) is 5.68. The molecule has 1 aromatic carbocycles. The molecule has 6 aliphatic carbocycles. The lowest BCUT2D eigenvalue weighted by Crippen LogP contribution is -2.86. The van der Waals surface area contributed by atoms with Gasteiger partial charge in [-0.1, -0.05) is 66.3 Å². The van der Waals surface area contributed by atoms with Gasteiger partial charge >= 0.3 is 5.97 Å². The van der Waals surface area contributed by atoms with E-state index in [1.165, 1.54) is 51.4 Å². The molecule has 8 N–H and O–H groups in total. The lowest BCUT2D eigenvalue weighted by Gasteiger charge is -2.67. The third-order valence-corrected chi connectivity index (χ3v) is 23.8. The number of carbonyl (C=O) groups excluding carboxylic acids is 1. The van der Waals surface area contributed by atoms with Gasteiger partial charge in [-0.05, 0) is 150 Å². The molecule has 11 rings (SSSR count). The largest absolute Gasteiger partial charge is 0.485 e. The second kappa shape index (κ2) is 19.5. The summed E-state index contributed by atoms with van der Waals surface area (Å²) in [6, 6.07) is 4.32. The smallest absolute Gasteiger partial charge is 0.306 e. The fourth-order valence-corrected chi connectivity index (χ4v) is 21.3. The third-order valence-electron chi connectivity index (χ3n) is 20.5. The number of ether oxygens (including phenoxy) is 4. The van der Waals surface area contributed by atoms with Crippen molar-refractivity contribution in [3.8, 4) is 11.5 Å². The van der Waals surface area contributed by atoms with Crippen molar-refractivity contribution in [2.24, 2.45) is 46.3 Å². The highest BCUT2D eigenvalue weighted by Gasteiger charge is 2.78. The fourth-order valence-electron chi connectivity index (χ4n) is 17.2. The van der Waals surface area contributed by atoms with Crippen LogP contribution in [0.25, 0.3) is 11.0 Å². The van der Waals surface area contributed by atoms with Crippen LogP contribution < -0.4 is 20.1 Å². The van der Waals surface area contributed by atoms with Crippen molar-refractivity contribution < 1.29 is 58.8 Å². The predicted molar refractivity (Wildman–Crippen MR) is 272 cm³/mol. The first-order valence-corrected chi connectivity index (χ1v) is 29.7. The van der Waals surface area contributed by atoms with Gasteiger partial charge in [-0.25, -0.2) is 0 Å². The Morgan fingerprint density at radius 1 is 0.972 bits per heavy atom. The SMILES string of the molecule is CCOC(=O)CCc1cc2ccoc2c2c1OC1OC3(CSSC4(CC5(CCCC5)C5(CC6CCC(NC)C6C5)C4)C(CCC(C)CCCC3O)NCCO2)C2(O)CC3C=CC(O)C(CO)C3C1(O)C2O. The van der Waals surface area contributed by atoms with Gasteiger partial charge in [0.15, 0.2) is 16.9 Å². The van der Waals surface area contributed by atoms with E-state index in [1.807, 2.05) is 22.9 Å². The van der Waals surface area contributed by atoms with Gasteiger partial charge in [-0.3, -0.25) is 4.79 Å². The predicted octanol–water partition coefficient (Wildman–Crippen LogP) is 6.58. The molecule has 16 heteroatoms. The van der Waals surface area contributed by atoms with E-state index in [2.05, 4.69) is 24.6 Å². The molecular formula is C55H80N2O12S2. The van der Waals surface area contributed by atoms with Crippen LogP contribution in [0.4, 0.5) is 0 Å². The Bertz CT molecular complexity index is 2290. The Balaban J connectivity index is 1.09. The second-order valence-corrected chi connectivity index (χ2v) is 26.7. The molecule has 7 fully saturated rings. The number of rotatable bonds is 6. The summed E-state index contributed by atoms with van der Waals surface area (Å²) >= 11 is 0. The van der Waals surface area contributed by atoms with E-state index in [0.29, 0.717) is 53.3 Å². The minimum Gasteiger partial charge on any atom is -0.485 e. The van der Waals surface area contributed by atoms with E-state index in [1.54, 1.807) is 36.1 Å². The first-order chi connectivity index (χ1) is 34.2. The van der Waals surface area contributed by atoms with Crippen LogP contribution in [0.5, 0.6) is 11.5 Å². The normalized spacial score (nSPS) is 45.1. The highest BCUT2D eigenvalue weighted by Crippen LogP contribution is 2.76. The molecule has 17 unspecified atom stereocenters. The number of aryl methyl sites for hydroxylation is 1. The van der Waals surface area contributed by atoms with Crippen LogP contribution in [0.2, 0.25) is 0 Å². The number of aliphatic hydroxyl groups excluding tert-OH is 4. The lowest BCUT2D eigenvalue weighted by atomic mass is 9.50. The van der Waals surface area contributed by atoms with E-state index in [-0.39, 0.29) is 77.8 Å². The molecule has 71 heavy (non-hydrogen) atoms. The summed E-state index contributed by atoms with van der Waals surface area (Å²) in [6.07, 6.45) is 14.6. The zero-order chi connectivity index (χ0) is 49.6. The molecule has 0 radical (unpaired) electrons. The maximum Gasteiger partial charge on any atom is 0.306 e. The monoisotopic (exact) mass is 1020 g/mol. The molecule has 4 heterocycles. The van der Waals surface area contributed by atoms with Crippen molar-refractivity contribution in [3.05, 3.63) is 36.1 Å². The maximum absolute atomic E-state index is 13.7. The van der Waals surface area contributed by atoms with Crippen molar-refractivity contribution in [2.45, 2.75) is 188 Å². The molecule has 5 bridgehead atoms. The topological polar surface area (TPSA) is 213 Å². The number of nitrogens with one attached hydrogen (secondary N) is 2. The van der Waals surface area contributed by atoms with E-state index in [0.717, 1.165) is 32.1 Å².